The van der Waals surface area contributed by atoms with Crippen LogP contribution in [0.25, 0.3) is 11.0 Å². The van der Waals surface area contributed by atoms with E-state index in [2.05, 4.69) is 19.2 Å². The van der Waals surface area contributed by atoms with Crippen molar-refractivity contribution in [3.8, 4) is 0 Å². The lowest BCUT2D eigenvalue weighted by Gasteiger charge is -2.15. The van der Waals surface area contributed by atoms with Crippen molar-refractivity contribution in [2.45, 2.75) is 34.1 Å². The Kier molecular flexibility index (Phi) is 3.05. The fourth-order valence-corrected chi connectivity index (χ4v) is 4.31. The molecular weight excluding hydrogens is 302 g/mol. The molecule has 1 N–H and O–H groups in total. The lowest BCUT2D eigenvalue weighted by Crippen LogP contribution is -2.12. The summed E-state index contributed by atoms with van der Waals surface area (Å²) < 4.78 is 5.30. The summed E-state index contributed by atoms with van der Waals surface area (Å²) in [5, 5.41) is 4.26. The summed E-state index contributed by atoms with van der Waals surface area (Å²) in [6, 6.07) is 7.21. The van der Waals surface area contributed by atoms with Gasteiger partial charge in [0.25, 0.3) is 0 Å². The Labute approximate surface area is 140 Å². The second kappa shape index (κ2) is 4.82. The van der Waals surface area contributed by atoms with E-state index in [-0.39, 0.29) is 16.8 Å². The van der Waals surface area contributed by atoms with Crippen LogP contribution in [-0.4, -0.2) is 5.78 Å². The summed E-state index contributed by atoms with van der Waals surface area (Å²) in [6.07, 6.45) is 0.664. The van der Waals surface area contributed by atoms with Crippen LogP contribution in [0.1, 0.15) is 32.8 Å². The molecule has 1 heterocycles. The molecule has 2 fully saturated rings. The Morgan fingerprint density at radius 3 is 2.71 bits per heavy atom. The third-order valence-corrected chi connectivity index (χ3v) is 5.75. The number of aryl methyl sites for hydroxylation is 1. The molecule has 0 bridgehead atoms. The first-order chi connectivity index (χ1) is 11.3. The molecule has 4 rings (SSSR count). The molecule has 0 spiro atoms. The second-order valence-electron chi connectivity index (χ2n) is 7.66. The van der Waals surface area contributed by atoms with E-state index in [9.17, 15) is 9.59 Å². The smallest absolute Gasteiger partial charge is 0.336 e. The molecule has 2 aliphatic carbocycles. The molecule has 0 aliphatic heterocycles. The van der Waals surface area contributed by atoms with Crippen molar-refractivity contribution in [1.82, 2.24) is 0 Å². The molecule has 2 aliphatic rings. The highest BCUT2D eigenvalue weighted by atomic mass is 16.4. The first-order valence-corrected chi connectivity index (χ1v) is 8.34. The van der Waals surface area contributed by atoms with Crippen molar-refractivity contribution in [2.24, 2.45) is 17.3 Å². The Hall–Kier alpha value is -2.36. The summed E-state index contributed by atoms with van der Waals surface area (Å²) in [5.41, 5.74) is 4.03. The lowest BCUT2D eigenvalue weighted by atomic mass is 9.95. The molecular formula is C20H21NO3. The van der Waals surface area contributed by atoms with Crippen LogP contribution >= 0.6 is 0 Å². The second-order valence-corrected chi connectivity index (χ2v) is 7.66. The minimum Gasteiger partial charge on any atom is -0.423 e. The highest BCUT2D eigenvalue weighted by molar-refractivity contribution is 6.01. The Morgan fingerprint density at radius 1 is 1.25 bits per heavy atom. The van der Waals surface area contributed by atoms with Gasteiger partial charge < -0.3 is 9.73 Å². The van der Waals surface area contributed by atoms with Crippen LogP contribution in [0, 0.1) is 24.2 Å². The van der Waals surface area contributed by atoms with Gasteiger partial charge in [-0.05, 0) is 48.8 Å². The fraction of sp³-hybridized carbons (Fsp3) is 0.400. The van der Waals surface area contributed by atoms with E-state index < -0.39 is 0 Å². The fourth-order valence-electron chi connectivity index (χ4n) is 4.31. The SMILES string of the molecule is C/C(Nc1ccc2c(C)cc(=O)oc2c1)=C1/C(=O)C[C@@H]2[C@H]1C2(C)C. The van der Waals surface area contributed by atoms with E-state index in [4.69, 9.17) is 4.42 Å². The van der Waals surface area contributed by atoms with E-state index in [1.54, 1.807) is 0 Å². The zero-order valence-corrected chi connectivity index (χ0v) is 14.4. The zero-order chi connectivity index (χ0) is 17.2. The lowest BCUT2D eigenvalue weighted by molar-refractivity contribution is -0.115. The number of ketones is 1. The molecule has 2 atom stereocenters. The number of carbonyl (C=O) groups excluding carboxylic acids is 1. The molecule has 0 radical (unpaired) electrons. The van der Waals surface area contributed by atoms with Crippen molar-refractivity contribution in [3.05, 3.63) is 51.5 Å². The van der Waals surface area contributed by atoms with Gasteiger partial charge in [-0.15, -0.1) is 0 Å². The monoisotopic (exact) mass is 323 g/mol. The molecule has 124 valence electrons. The van der Waals surface area contributed by atoms with E-state index in [1.807, 2.05) is 32.0 Å². The molecule has 4 nitrogen and oxygen atoms in total. The highest BCUT2D eigenvalue weighted by Gasteiger charge is 2.65. The van der Waals surface area contributed by atoms with Gasteiger partial charge in [-0.25, -0.2) is 4.79 Å². The van der Waals surface area contributed by atoms with Gasteiger partial charge in [-0.1, -0.05) is 13.8 Å². The molecule has 24 heavy (non-hydrogen) atoms. The van der Waals surface area contributed by atoms with Crippen LogP contribution in [0.5, 0.6) is 0 Å². The van der Waals surface area contributed by atoms with Gasteiger partial charge in [-0.2, -0.15) is 0 Å². The van der Waals surface area contributed by atoms with Crippen LogP contribution in [0.15, 0.2) is 44.7 Å². The summed E-state index contributed by atoms with van der Waals surface area (Å²) in [7, 11) is 0. The van der Waals surface area contributed by atoms with Crippen LogP contribution in [0.3, 0.4) is 0 Å². The molecule has 0 saturated heterocycles. The van der Waals surface area contributed by atoms with Gasteiger partial charge in [-0.3, -0.25) is 4.79 Å². The third-order valence-electron chi connectivity index (χ3n) is 5.75. The number of allylic oxidation sites excluding steroid dienone is 2. The van der Waals surface area contributed by atoms with Crippen LogP contribution in [0.4, 0.5) is 5.69 Å². The van der Waals surface area contributed by atoms with E-state index in [0.29, 0.717) is 23.8 Å². The zero-order valence-electron chi connectivity index (χ0n) is 14.4. The maximum absolute atomic E-state index is 12.3. The summed E-state index contributed by atoms with van der Waals surface area (Å²) in [6.45, 7) is 8.32. The van der Waals surface area contributed by atoms with E-state index >= 15 is 0 Å². The molecule has 0 unspecified atom stereocenters. The first kappa shape index (κ1) is 15.2. The van der Waals surface area contributed by atoms with E-state index in [1.165, 1.54) is 6.07 Å². The van der Waals surface area contributed by atoms with Crippen LogP contribution < -0.4 is 10.9 Å². The normalized spacial score (nSPS) is 26.4. The summed E-state index contributed by atoms with van der Waals surface area (Å²) in [4.78, 5) is 23.8. The van der Waals surface area contributed by atoms with Gasteiger partial charge in [0.05, 0.1) is 0 Å². The summed E-state index contributed by atoms with van der Waals surface area (Å²) in [5.74, 6) is 1.13. The number of rotatable bonds is 2. The molecule has 2 aromatic rings. The topological polar surface area (TPSA) is 59.3 Å². The minimum absolute atomic E-state index is 0.236. The number of hydrogen-bond acceptors (Lipinski definition) is 4. The van der Waals surface area contributed by atoms with Gasteiger partial charge in [0.15, 0.2) is 5.78 Å². The predicted octanol–water partition coefficient (Wildman–Crippen LogP) is 4.03. The standard InChI is InChI=1S/C20H21NO3/c1-10-7-17(23)24-16-8-12(5-6-13(10)16)21-11(2)18-15(22)9-14-19(18)20(14,3)4/h5-8,14,19,21H,9H2,1-4H3/b18-11+/t14-,19-/m1/s1. The van der Waals surface area contributed by atoms with Crippen molar-refractivity contribution in [1.29, 1.82) is 0 Å². The number of fused-ring (bicyclic) bond motifs is 2. The van der Waals surface area contributed by atoms with Gasteiger partial charge in [0.1, 0.15) is 5.58 Å². The number of anilines is 1. The number of hydrogen-bond donors (Lipinski definition) is 1. The van der Waals surface area contributed by atoms with Crippen molar-refractivity contribution in [2.75, 3.05) is 5.32 Å². The van der Waals surface area contributed by atoms with Gasteiger partial charge >= 0.3 is 5.63 Å². The maximum Gasteiger partial charge on any atom is 0.336 e. The maximum atomic E-state index is 12.3. The Bertz CT molecular complexity index is 964. The number of carbonyl (C=O) groups is 1. The van der Waals surface area contributed by atoms with Crippen LogP contribution in [0.2, 0.25) is 0 Å². The van der Waals surface area contributed by atoms with E-state index in [0.717, 1.165) is 27.9 Å². The molecule has 1 aromatic heterocycles. The van der Waals surface area contributed by atoms with Crippen molar-refractivity contribution < 1.29 is 9.21 Å². The summed E-state index contributed by atoms with van der Waals surface area (Å²) >= 11 is 0. The number of Topliss-reactive ketones (excluding diaryl/α,β-unsaturated/α-hetero) is 1. The molecule has 4 heteroatoms. The first-order valence-electron chi connectivity index (χ1n) is 8.34. The van der Waals surface area contributed by atoms with Gasteiger partial charge in [0.2, 0.25) is 0 Å². The van der Waals surface area contributed by atoms with Crippen molar-refractivity contribution in [3.63, 3.8) is 0 Å². The van der Waals surface area contributed by atoms with Crippen LogP contribution in [-0.2, 0) is 4.79 Å². The Balaban J connectivity index is 1.70. The Morgan fingerprint density at radius 2 is 2.00 bits per heavy atom. The quantitative estimate of drug-likeness (QED) is 0.669. The van der Waals surface area contributed by atoms with Gasteiger partial charge in [0, 0.05) is 40.9 Å². The third kappa shape index (κ3) is 2.13. The minimum atomic E-state index is -0.347. The number of nitrogens with one attached hydrogen (secondary N) is 1. The number of benzene rings is 1. The molecule has 1 aromatic carbocycles. The predicted molar refractivity (Wildman–Crippen MR) is 93.9 cm³/mol. The molecule has 2 saturated carbocycles. The molecule has 0 amide bonds. The van der Waals surface area contributed by atoms with Crippen molar-refractivity contribution >= 4 is 22.4 Å². The average molecular weight is 323 g/mol. The average Bonchev–Trinajstić information content (AvgIpc) is 2.85. The largest absolute Gasteiger partial charge is 0.423 e. The highest BCUT2D eigenvalue weighted by Crippen LogP contribution is 2.68.